The maximum atomic E-state index is 12.5. The number of nitrogens with two attached hydrogens (primary N) is 1. The molecule has 1 unspecified atom stereocenters. The van der Waals surface area contributed by atoms with Gasteiger partial charge in [-0.25, -0.2) is 4.98 Å². The zero-order valence-corrected chi connectivity index (χ0v) is 13.2. The quantitative estimate of drug-likeness (QED) is 0.877. The van der Waals surface area contributed by atoms with E-state index in [-0.39, 0.29) is 5.91 Å². The first kappa shape index (κ1) is 15.1. The Bertz CT molecular complexity index is 467. The molecule has 7 heteroatoms. The predicted octanol–water partition coefficient (Wildman–Crippen LogP) is 1.32. The highest BCUT2D eigenvalue weighted by molar-refractivity contribution is 7.18. The fourth-order valence-electron chi connectivity index (χ4n) is 2.36. The second kappa shape index (κ2) is 6.41. The number of hydrogen-bond acceptors (Lipinski definition) is 6. The van der Waals surface area contributed by atoms with E-state index in [1.807, 2.05) is 4.90 Å². The topological polar surface area (TPSA) is 74.5 Å². The highest BCUT2D eigenvalue weighted by Gasteiger charge is 2.26. The number of nitrogens with zero attached hydrogens (tertiary/aromatic N) is 3. The van der Waals surface area contributed by atoms with Crippen molar-refractivity contribution in [2.24, 2.45) is 0 Å². The molecular weight excluding hydrogens is 274 g/mol. The van der Waals surface area contributed by atoms with E-state index in [2.05, 4.69) is 29.0 Å². The Labute approximate surface area is 124 Å². The van der Waals surface area contributed by atoms with Crippen LogP contribution in [0.25, 0.3) is 0 Å². The van der Waals surface area contributed by atoms with E-state index >= 15 is 0 Å². The maximum Gasteiger partial charge on any atom is 0.267 e. The molecule has 1 aliphatic heterocycles. The van der Waals surface area contributed by atoms with Crippen molar-refractivity contribution in [1.82, 2.24) is 14.8 Å². The van der Waals surface area contributed by atoms with E-state index in [1.54, 1.807) is 7.05 Å². The van der Waals surface area contributed by atoms with Gasteiger partial charge >= 0.3 is 0 Å². The lowest BCUT2D eigenvalue weighted by molar-refractivity contribution is 0.0585. The van der Waals surface area contributed by atoms with Crippen LogP contribution in [-0.4, -0.2) is 60.0 Å². The van der Waals surface area contributed by atoms with Crippen LogP contribution in [0.1, 0.15) is 29.9 Å². The van der Waals surface area contributed by atoms with Gasteiger partial charge < -0.3 is 16.0 Å². The molecule has 2 heterocycles. The van der Waals surface area contributed by atoms with Crippen molar-refractivity contribution in [2.45, 2.75) is 26.3 Å². The van der Waals surface area contributed by atoms with Gasteiger partial charge in [-0.1, -0.05) is 18.3 Å². The van der Waals surface area contributed by atoms with Crippen molar-refractivity contribution in [1.29, 1.82) is 0 Å². The predicted molar refractivity (Wildman–Crippen MR) is 83.3 cm³/mol. The Kier molecular flexibility index (Phi) is 4.82. The summed E-state index contributed by atoms with van der Waals surface area (Å²) in [5, 5.41) is 3.61. The summed E-state index contributed by atoms with van der Waals surface area (Å²) < 4.78 is 0. The number of aromatic nitrogens is 1. The maximum absolute atomic E-state index is 12.5. The van der Waals surface area contributed by atoms with Crippen LogP contribution in [0.2, 0.25) is 0 Å². The van der Waals surface area contributed by atoms with Gasteiger partial charge in [-0.3, -0.25) is 9.69 Å². The van der Waals surface area contributed by atoms with Crippen LogP contribution in [0.4, 0.5) is 10.9 Å². The minimum atomic E-state index is 0.00491. The van der Waals surface area contributed by atoms with E-state index in [1.165, 1.54) is 11.3 Å². The lowest BCUT2D eigenvalue weighted by Gasteiger charge is -2.37. The van der Waals surface area contributed by atoms with E-state index in [9.17, 15) is 4.79 Å². The van der Waals surface area contributed by atoms with Gasteiger partial charge in [0.25, 0.3) is 5.91 Å². The smallest absolute Gasteiger partial charge is 0.267 e. The molecule has 1 atom stereocenters. The van der Waals surface area contributed by atoms with Crippen molar-refractivity contribution in [3.8, 4) is 0 Å². The fraction of sp³-hybridized carbons (Fsp3) is 0.692. The molecule has 1 fully saturated rings. The van der Waals surface area contributed by atoms with Crippen LogP contribution in [0.15, 0.2) is 0 Å². The van der Waals surface area contributed by atoms with E-state index in [0.717, 1.165) is 32.6 Å². The highest BCUT2D eigenvalue weighted by atomic mass is 32.1. The third kappa shape index (κ3) is 3.04. The summed E-state index contributed by atoms with van der Waals surface area (Å²) in [7, 11) is 1.78. The molecule has 1 aliphatic rings. The molecule has 0 aromatic carbocycles. The van der Waals surface area contributed by atoms with Gasteiger partial charge in [-0.2, -0.15) is 0 Å². The summed E-state index contributed by atoms with van der Waals surface area (Å²) in [6.07, 6.45) is 1.14. The zero-order valence-electron chi connectivity index (χ0n) is 12.3. The van der Waals surface area contributed by atoms with E-state index in [0.29, 0.717) is 21.9 Å². The number of nitrogens with one attached hydrogen (secondary N) is 1. The molecule has 1 amide bonds. The number of carbonyl (C=O) groups excluding carboxylic acids is 1. The highest BCUT2D eigenvalue weighted by Crippen LogP contribution is 2.26. The summed E-state index contributed by atoms with van der Waals surface area (Å²) in [5.41, 5.74) is 5.82. The molecule has 1 aromatic rings. The molecule has 1 saturated heterocycles. The first-order chi connectivity index (χ1) is 9.56. The van der Waals surface area contributed by atoms with Crippen molar-refractivity contribution < 1.29 is 4.79 Å². The Morgan fingerprint density at radius 2 is 2.10 bits per heavy atom. The van der Waals surface area contributed by atoms with E-state index < -0.39 is 0 Å². The van der Waals surface area contributed by atoms with Crippen molar-refractivity contribution in [2.75, 3.05) is 44.3 Å². The van der Waals surface area contributed by atoms with Crippen molar-refractivity contribution in [3.05, 3.63) is 4.88 Å². The van der Waals surface area contributed by atoms with Crippen LogP contribution in [0.3, 0.4) is 0 Å². The zero-order chi connectivity index (χ0) is 14.7. The molecule has 3 N–H and O–H groups in total. The second-order valence-corrected chi connectivity index (χ2v) is 6.07. The van der Waals surface area contributed by atoms with Crippen molar-refractivity contribution in [3.63, 3.8) is 0 Å². The van der Waals surface area contributed by atoms with Gasteiger partial charge in [0.05, 0.1) is 0 Å². The van der Waals surface area contributed by atoms with Gasteiger partial charge in [-0.05, 0) is 13.3 Å². The minimum Gasteiger partial charge on any atom is -0.382 e. The summed E-state index contributed by atoms with van der Waals surface area (Å²) in [4.78, 5) is 21.4. The molecule has 0 radical (unpaired) electrons. The lowest BCUT2D eigenvalue weighted by Crippen LogP contribution is -2.51. The molecule has 0 spiro atoms. The third-order valence-corrected chi connectivity index (χ3v) is 4.95. The number of piperazine rings is 1. The third-order valence-electron chi connectivity index (χ3n) is 3.88. The van der Waals surface area contributed by atoms with Gasteiger partial charge in [0.15, 0.2) is 5.13 Å². The number of hydrogen-bond donors (Lipinski definition) is 2. The van der Waals surface area contributed by atoms with E-state index in [4.69, 9.17) is 5.73 Å². The first-order valence-corrected chi connectivity index (χ1v) is 7.85. The SMILES string of the molecule is CCC(C)N1CCN(C(=O)c2sc(NC)nc2N)CC1. The summed E-state index contributed by atoms with van der Waals surface area (Å²) in [6.45, 7) is 7.80. The monoisotopic (exact) mass is 297 g/mol. The summed E-state index contributed by atoms with van der Waals surface area (Å²) in [6, 6.07) is 0.580. The fourth-order valence-corrected chi connectivity index (χ4v) is 3.17. The van der Waals surface area contributed by atoms with Crippen LogP contribution in [0, 0.1) is 0 Å². The van der Waals surface area contributed by atoms with Gasteiger partial charge in [0.1, 0.15) is 10.7 Å². The standard InChI is InChI=1S/C13H23N5OS/c1-4-9(2)17-5-7-18(8-6-17)12(19)10-11(14)16-13(15-3)20-10/h9H,4-8,14H2,1-3H3,(H,15,16). The molecule has 20 heavy (non-hydrogen) atoms. The molecule has 112 valence electrons. The molecule has 6 nitrogen and oxygen atoms in total. The second-order valence-electron chi connectivity index (χ2n) is 5.07. The number of nitrogen functional groups attached to an aromatic ring is 1. The summed E-state index contributed by atoms with van der Waals surface area (Å²) >= 11 is 1.32. The largest absolute Gasteiger partial charge is 0.382 e. The number of anilines is 2. The number of rotatable bonds is 4. The minimum absolute atomic E-state index is 0.00491. The molecule has 1 aromatic heterocycles. The molecule has 2 rings (SSSR count). The summed E-state index contributed by atoms with van der Waals surface area (Å²) in [5.74, 6) is 0.332. The van der Waals surface area contributed by atoms with Crippen LogP contribution >= 0.6 is 11.3 Å². The Balaban J connectivity index is 1.99. The van der Waals surface area contributed by atoms with Gasteiger partial charge in [-0.15, -0.1) is 0 Å². The molecule has 0 bridgehead atoms. The molecule has 0 saturated carbocycles. The average molecular weight is 297 g/mol. The normalized spacial score (nSPS) is 18.1. The van der Waals surface area contributed by atoms with Gasteiger partial charge in [0, 0.05) is 39.3 Å². The average Bonchev–Trinajstić information content (AvgIpc) is 2.87. The Morgan fingerprint density at radius 1 is 1.45 bits per heavy atom. The van der Waals surface area contributed by atoms with Crippen LogP contribution < -0.4 is 11.1 Å². The number of carbonyl (C=O) groups is 1. The Hall–Kier alpha value is -1.34. The van der Waals surface area contributed by atoms with Gasteiger partial charge in [0.2, 0.25) is 0 Å². The Morgan fingerprint density at radius 3 is 2.60 bits per heavy atom. The van der Waals surface area contributed by atoms with Crippen LogP contribution in [-0.2, 0) is 0 Å². The molecular formula is C13H23N5OS. The number of thiazole rings is 1. The lowest BCUT2D eigenvalue weighted by atomic mass is 10.2. The first-order valence-electron chi connectivity index (χ1n) is 7.04. The molecule has 0 aliphatic carbocycles. The number of amides is 1. The van der Waals surface area contributed by atoms with Crippen LogP contribution in [0.5, 0.6) is 0 Å². The van der Waals surface area contributed by atoms with Crippen molar-refractivity contribution >= 4 is 28.2 Å².